The van der Waals surface area contributed by atoms with Gasteiger partial charge in [0.2, 0.25) is 0 Å². The monoisotopic (exact) mass is 264 g/mol. The highest BCUT2D eigenvalue weighted by atomic mass is 16.6. The first-order valence-corrected chi connectivity index (χ1v) is 7.12. The summed E-state index contributed by atoms with van der Waals surface area (Å²) in [5.74, 6) is -0.588. The summed E-state index contributed by atoms with van der Waals surface area (Å²) in [6, 6.07) is 9.53. The van der Waals surface area contributed by atoms with Gasteiger partial charge in [-0.05, 0) is 31.1 Å². The maximum absolute atomic E-state index is 10.3. The van der Waals surface area contributed by atoms with E-state index in [1.165, 1.54) is 6.42 Å². The van der Waals surface area contributed by atoms with E-state index >= 15 is 0 Å². The van der Waals surface area contributed by atoms with Crippen LogP contribution in [0.25, 0.3) is 0 Å². The van der Waals surface area contributed by atoms with Gasteiger partial charge in [0, 0.05) is 5.56 Å². The normalized spacial score (nSPS) is 16.9. The molecule has 19 heavy (non-hydrogen) atoms. The first-order chi connectivity index (χ1) is 8.71. The molecule has 0 heterocycles. The molecule has 1 aromatic carbocycles. The Morgan fingerprint density at radius 2 is 1.68 bits per heavy atom. The van der Waals surface area contributed by atoms with E-state index in [-0.39, 0.29) is 0 Å². The second kappa shape index (κ2) is 6.53. The minimum absolute atomic E-state index is 0.349. The number of hydrogen-bond donors (Lipinski definition) is 1. The lowest BCUT2D eigenvalue weighted by atomic mass is 9.84. The molecular weight excluding hydrogens is 236 g/mol. The van der Waals surface area contributed by atoms with Gasteiger partial charge >= 0.3 is 0 Å². The molecule has 0 aliphatic carbocycles. The quantitative estimate of drug-likeness (QED) is 0.775. The van der Waals surface area contributed by atoms with Crippen LogP contribution in [0.2, 0.25) is 0 Å². The molecule has 0 bridgehead atoms. The van der Waals surface area contributed by atoms with Gasteiger partial charge in [-0.2, -0.15) is 0 Å². The SMILES string of the molecule is CC(CCOC(C)(O)c1ccccc1)CC(C)(C)C. The van der Waals surface area contributed by atoms with Crippen molar-refractivity contribution in [2.75, 3.05) is 6.61 Å². The molecule has 0 aliphatic rings. The minimum Gasteiger partial charge on any atom is -0.362 e. The summed E-state index contributed by atoms with van der Waals surface area (Å²) in [6.07, 6.45) is 2.14. The zero-order valence-electron chi connectivity index (χ0n) is 12.9. The molecule has 0 saturated carbocycles. The summed E-state index contributed by atoms with van der Waals surface area (Å²) in [5, 5.41) is 10.3. The second-order valence-electron chi connectivity index (χ2n) is 6.86. The third-order valence-electron chi connectivity index (χ3n) is 3.26. The first-order valence-electron chi connectivity index (χ1n) is 7.12. The van der Waals surface area contributed by atoms with E-state index in [9.17, 15) is 5.11 Å². The van der Waals surface area contributed by atoms with Crippen LogP contribution in [-0.2, 0) is 10.5 Å². The summed E-state index contributed by atoms with van der Waals surface area (Å²) in [4.78, 5) is 0. The fourth-order valence-electron chi connectivity index (χ4n) is 2.44. The van der Waals surface area contributed by atoms with Crippen LogP contribution in [0.5, 0.6) is 0 Å². The number of benzene rings is 1. The van der Waals surface area contributed by atoms with Gasteiger partial charge in [-0.15, -0.1) is 0 Å². The second-order valence-corrected chi connectivity index (χ2v) is 6.86. The molecule has 0 fully saturated rings. The highest BCUT2D eigenvalue weighted by Gasteiger charge is 2.24. The molecule has 108 valence electrons. The Balaban J connectivity index is 2.40. The fraction of sp³-hybridized carbons (Fsp3) is 0.647. The van der Waals surface area contributed by atoms with Crippen molar-refractivity contribution < 1.29 is 9.84 Å². The van der Waals surface area contributed by atoms with Gasteiger partial charge in [0.1, 0.15) is 0 Å². The van der Waals surface area contributed by atoms with Crippen LogP contribution < -0.4 is 0 Å². The summed E-state index contributed by atoms with van der Waals surface area (Å²) in [6.45, 7) is 11.3. The smallest absolute Gasteiger partial charge is 0.189 e. The summed E-state index contributed by atoms with van der Waals surface area (Å²) >= 11 is 0. The molecule has 2 unspecified atom stereocenters. The summed E-state index contributed by atoms with van der Waals surface area (Å²) < 4.78 is 5.66. The van der Waals surface area contributed by atoms with Crippen molar-refractivity contribution in [2.45, 2.75) is 53.2 Å². The van der Waals surface area contributed by atoms with Gasteiger partial charge in [0.05, 0.1) is 6.61 Å². The van der Waals surface area contributed by atoms with Crippen LogP contribution in [0.3, 0.4) is 0 Å². The van der Waals surface area contributed by atoms with E-state index in [1.54, 1.807) is 6.92 Å². The van der Waals surface area contributed by atoms with Crippen molar-refractivity contribution in [3.8, 4) is 0 Å². The molecule has 2 nitrogen and oxygen atoms in total. The van der Waals surface area contributed by atoms with Crippen LogP contribution in [0.4, 0.5) is 0 Å². The average Bonchev–Trinajstić information content (AvgIpc) is 2.27. The Kier molecular flexibility index (Phi) is 5.57. The molecule has 0 aliphatic heterocycles. The van der Waals surface area contributed by atoms with Gasteiger partial charge < -0.3 is 9.84 Å². The van der Waals surface area contributed by atoms with Crippen molar-refractivity contribution in [3.05, 3.63) is 35.9 Å². The van der Waals surface area contributed by atoms with Gasteiger partial charge in [-0.1, -0.05) is 58.0 Å². The number of aliphatic hydroxyl groups is 1. The van der Waals surface area contributed by atoms with E-state index in [0.29, 0.717) is 17.9 Å². The predicted molar refractivity (Wildman–Crippen MR) is 79.8 cm³/mol. The Labute approximate surface area is 117 Å². The van der Waals surface area contributed by atoms with Crippen LogP contribution >= 0.6 is 0 Å². The maximum atomic E-state index is 10.3. The van der Waals surface area contributed by atoms with Crippen molar-refractivity contribution in [3.63, 3.8) is 0 Å². The van der Waals surface area contributed by atoms with Gasteiger partial charge in [-0.25, -0.2) is 0 Å². The van der Waals surface area contributed by atoms with Crippen LogP contribution in [0.15, 0.2) is 30.3 Å². The lowest BCUT2D eigenvalue weighted by Crippen LogP contribution is -2.26. The van der Waals surface area contributed by atoms with Crippen LogP contribution in [0.1, 0.15) is 53.0 Å². The van der Waals surface area contributed by atoms with Crippen molar-refractivity contribution in [1.29, 1.82) is 0 Å². The standard InChI is InChI=1S/C17H28O2/c1-14(13-16(2,3)4)11-12-19-17(5,18)15-9-7-6-8-10-15/h6-10,14,18H,11-13H2,1-5H3. The van der Waals surface area contributed by atoms with E-state index < -0.39 is 5.79 Å². The van der Waals surface area contributed by atoms with Crippen molar-refractivity contribution in [2.24, 2.45) is 11.3 Å². The molecule has 2 heteroatoms. The Bertz CT molecular complexity index is 363. The Morgan fingerprint density at radius 3 is 2.21 bits per heavy atom. The van der Waals surface area contributed by atoms with Gasteiger partial charge in [0.15, 0.2) is 5.79 Å². The molecule has 0 saturated heterocycles. The highest BCUT2D eigenvalue weighted by Crippen LogP contribution is 2.27. The largest absolute Gasteiger partial charge is 0.362 e. The van der Waals surface area contributed by atoms with E-state index in [2.05, 4.69) is 27.7 Å². The first kappa shape index (κ1) is 16.2. The molecule has 1 aromatic rings. The summed E-state index contributed by atoms with van der Waals surface area (Å²) in [5.41, 5.74) is 1.15. The fourth-order valence-corrected chi connectivity index (χ4v) is 2.44. The van der Waals surface area contributed by atoms with Gasteiger partial charge in [-0.3, -0.25) is 0 Å². The third-order valence-corrected chi connectivity index (χ3v) is 3.26. The van der Waals surface area contributed by atoms with E-state index in [4.69, 9.17) is 4.74 Å². The zero-order chi connectivity index (χ0) is 14.5. The predicted octanol–water partition coefficient (Wildman–Crippen LogP) is 4.33. The molecule has 0 amide bonds. The van der Waals surface area contributed by atoms with Crippen LogP contribution in [-0.4, -0.2) is 11.7 Å². The molecule has 1 N–H and O–H groups in total. The number of hydrogen-bond acceptors (Lipinski definition) is 2. The molecular formula is C17H28O2. The number of rotatable bonds is 6. The molecule has 0 spiro atoms. The van der Waals surface area contributed by atoms with Crippen LogP contribution in [0, 0.1) is 11.3 Å². The Hall–Kier alpha value is -0.860. The van der Waals surface area contributed by atoms with Gasteiger partial charge in [0.25, 0.3) is 0 Å². The van der Waals surface area contributed by atoms with Crippen molar-refractivity contribution in [1.82, 2.24) is 0 Å². The molecule has 1 rings (SSSR count). The maximum Gasteiger partial charge on any atom is 0.189 e. The molecule has 0 aromatic heterocycles. The lowest BCUT2D eigenvalue weighted by Gasteiger charge is -2.27. The minimum atomic E-state index is -1.19. The zero-order valence-corrected chi connectivity index (χ0v) is 12.9. The van der Waals surface area contributed by atoms with E-state index in [0.717, 1.165) is 12.0 Å². The van der Waals surface area contributed by atoms with E-state index in [1.807, 2.05) is 30.3 Å². The lowest BCUT2D eigenvalue weighted by molar-refractivity contribution is -0.200. The topological polar surface area (TPSA) is 29.5 Å². The highest BCUT2D eigenvalue weighted by molar-refractivity contribution is 5.18. The van der Waals surface area contributed by atoms with Crippen molar-refractivity contribution >= 4 is 0 Å². The molecule has 2 atom stereocenters. The average molecular weight is 264 g/mol. The summed E-state index contributed by atoms with van der Waals surface area (Å²) in [7, 11) is 0. The third kappa shape index (κ3) is 6.22. The Morgan fingerprint density at radius 1 is 1.11 bits per heavy atom. The molecule has 0 radical (unpaired) electrons. The number of ether oxygens (including phenoxy) is 1.